The van der Waals surface area contributed by atoms with Gasteiger partial charge in [0.15, 0.2) is 0 Å². The summed E-state index contributed by atoms with van der Waals surface area (Å²) < 4.78 is 0. The summed E-state index contributed by atoms with van der Waals surface area (Å²) in [6, 6.07) is -0.542. The normalized spacial score (nSPS) is 24.1. The highest BCUT2D eigenvalue weighted by Crippen LogP contribution is 2.20. The summed E-state index contributed by atoms with van der Waals surface area (Å²) in [4.78, 5) is 24.4. The quantitative estimate of drug-likeness (QED) is 0.656. The van der Waals surface area contributed by atoms with Crippen LogP contribution in [0.4, 0.5) is 4.79 Å². The molecular weight excluding hydrogens is 234 g/mol. The number of piperidine rings is 1. The van der Waals surface area contributed by atoms with E-state index in [1.54, 1.807) is 0 Å². The molecule has 0 aromatic heterocycles. The lowest BCUT2D eigenvalue weighted by Crippen LogP contribution is -2.54. The summed E-state index contributed by atoms with van der Waals surface area (Å²) in [6.45, 7) is 4.76. The van der Waals surface area contributed by atoms with Crippen molar-refractivity contribution in [3.8, 4) is 0 Å². The minimum Gasteiger partial charge on any atom is -0.396 e. The average Bonchev–Trinajstić information content (AvgIpc) is 2.28. The fourth-order valence-electron chi connectivity index (χ4n) is 2.25. The Bertz CT molecular complexity index is 307. The number of primary amides is 1. The molecule has 2 atom stereocenters. The van der Waals surface area contributed by atoms with E-state index in [1.807, 2.05) is 13.8 Å². The molecule has 1 fully saturated rings. The molecule has 0 radical (unpaired) electrons. The molecule has 6 heteroatoms. The standard InChI is InChI=1S/C12H23N3O3/c1-8(2)11(17)14-10-5-9(3-4-16)6-15(7-10)12(13)18/h8-10,16H,3-7H2,1-2H3,(H2,13,18)(H,14,17). The first kappa shape index (κ1) is 14.8. The molecule has 1 rings (SSSR count). The fraction of sp³-hybridized carbons (Fsp3) is 0.833. The van der Waals surface area contributed by atoms with Crippen LogP contribution in [0.1, 0.15) is 26.7 Å². The van der Waals surface area contributed by atoms with E-state index in [2.05, 4.69) is 5.32 Å². The van der Waals surface area contributed by atoms with Gasteiger partial charge in [0.25, 0.3) is 0 Å². The van der Waals surface area contributed by atoms with Gasteiger partial charge in [-0.1, -0.05) is 13.8 Å². The van der Waals surface area contributed by atoms with Crippen LogP contribution in [0.5, 0.6) is 0 Å². The van der Waals surface area contributed by atoms with Gasteiger partial charge >= 0.3 is 6.03 Å². The number of hydrogen-bond acceptors (Lipinski definition) is 3. The topological polar surface area (TPSA) is 95.7 Å². The Hall–Kier alpha value is -1.30. The van der Waals surface area contributed by atoms with Crippen molar-refractivity contribution in [3.63, 3.8) is 0 Å². The lowest BCUT2D eigenvalue weighted by molar-refractivity contribution is -0.125. The molecule has 3 amide bonds. The molecule has 1 heterocycles. The van der Waals surface area contributed by atoms with Crippen LogP contribution in [-0.4, -0.2) is 47.7 Å². The molecule has 2 unspecified atom stereocenters. The van der Waals surface area contributed by atoms with Gasteiger partial charge in [-0.15, -0.1) is 0 Å². The number of carbonyl (C=O) groups excluding carboxylic acids is 2. The van der Waals surface area contributed by atoms with Crippen LogP contribution in [0.3, 0.4) is 0 Å². The van der Waals surface area contributed by atoms with E-state index in [-0.39, 0.29) is 30.4 Å². The maximum absolute atomic E-state index is 11.7. The Kier molecular flexibility index (Phi) is 5.40. The summed E-state index contributed by atoms with van der Waals surface area (Å²) in [5, 5.41) is 11.9. The number of nitrogens with one attached hydrogen (secondary N) is 1. The van der Waals surface area contributed by atoms with Gasteiger partial charge < -0.3 is 21.1 Å². The second-order valence-electron chi connectivity index (χ2n) is 5.22. The number of hydrogen-bond donors (Lipinski definition) is 3. The summed E-state index contributed by atoms with van der Waals surface area (Å²) in [5.41, 5.74) is 5.29. The van der Waals surface area contributed by atoms with Crippen LogP contribution in [0.2, 0.25) is 0 Å². The van der Waals surface area contributed by atoms with Crippen molar-refractivity contribution in [1.29, 1.82) is 0 Å². The van der Waals surface area contributed by atoms with E-state index in [9.17, 15) is 9.59 Å². The highest BCUT2D eigenvalue weighted by Gasteiger charge is 2.29. The summed E-state index contributed by atoms with van der Waals surface area (Å²) in [5.74, 6) is 0.0908. The number of aliphatic hydroxyl groups excluding tert-OH is 1. The monoisotopic (exact) mass is 257 g/mol. The predicted molar refractivity (Wildman–Crippen MR) is 67.7 cm³/mol. The first-order valence-electron chi connectivity index (χ1n) is 6.39. The van der Waals surface area contributed by atoms with Crippen molar-refractivity contribution < 1.29 is 14.7 Å². The molecule has 0 aromatic rings. The third-order valence-corrected chi connectivity index (χ3v) is 3.26. The van der Waals surface area contributed by atoms with Crippen LogP contribution in [0.25, 0.3) is 0 Å². The maximum Gasteiger partial charge on any atom is 0.314 e. The Balaban J connectivity index is 2.60. The Morgan fingerprint density at radius 2 is 2.11 bits per heavy atom. The van der Waals surface area contributed by atoms with E-state index in [1.165, 1.54) is 4.90 Å². The lowest BCUT2D eigenvalue weighted by atomic mass is 9.91. The molecule has 104 valence electrons. The molecule has 0 aliphatic carbocycles. The Morgan fingerprint density at radius 1 is 1.44 bits per heavy atom. The fourth-order valence-corrected chi connectivity index (χ4v) is 2.25. The third-order valence-electron chi connectivity index (χ3n) is 3.26. The molecular formula is C12H23N3O3. The van der Waals surface area contributed by atoms with E-state index < -0.39 is 6.03 Å². The third kappa shape index (κ3) is 4.18. The van der Waals surface area contributed by atoms with Gasteiger partial charge in [-0.25, -0.2) is 4.79 Å². The van der Waals surface area contributed by atoms with Crippen LogP contribution < -0.4 is 11.1 Å². The Labute approximate surface area is 108 Å². The van der Waals surface area contributed by atoms with E-state index in [0.29, 0.717) is 19.5 Å². The number of carbonyl (C=O) groups is 2. The van der Waals surface area contributed by atoms with Crippen LogP contribution in [0, 0.1) is 11.8 Å². The zero-order valence-electron chi connectivity index (χ0n) is 11.1. The van der Waals surface area contributed by atoms with Crippen molar-refractivity contribution in [3.05, 3.63) is 0 Å². The minimum atomic E-state index is -0.471. The van der Waals surface area contributed by atoms with E-state index in [4.69, 9.17) is 10.8 Å². The van der Waals surface area contributed by atoms with E-state index in [0.717, 1.165) is 6.42 Å². The molecule has 0 spiro atoms. The molecule has 18 heavy (non-hydrogen) atoms. The van der Waals surface area contributed by atoms with Gasteiger partial charge in [0.05, 0.1) is 0 Å². The van der Waals surface area contributed by atoms with Crippen molar-refractivity contribution in [2.24, 2.45) is 17.6 Å². The summed E-state index contributed by atoms with van der Waals surface area (Å²) in [7, 11) is 0. The number of likely N-dealkylation sites (tertiary alicyclic amines) is 1. The number of nitrogens with zero attached hydrogens (tertiary/aromatic N) is 1. The van der Waals surface area contributed by atoms with Crippen molar-refractivity contribution in [2.75, 3.05) is 19.7 Å². The van der Waals surface area contributed by atoms with Crippen molar-refractivity contribution in [2.45, 2.75) is 32.7 Å². The largest absolute Gasteiger partial charge is 0.396 e. The van der Waals surface area contributed by atoms with Gasteiger partial charge in [0.1, 0.15) is 0 Å². The Morgan fingerprint density at radius 3 is 2.61 bits per heavy atom. The highest BCUT2D eigenvalue weighted by atomic mass is 16.3. The van der Waals surface area contributed by atoms with Crippen LogP contribution in [0.15, 0.2) is 0 Å². The number of aliphatic hydroxyl groups is 1. The zero-order valence-corrected chi connectivity index (χ0v) is 11.1. The SMILES string of the molecule is CC(C)C(=O)NC1CC(CCO)CN(C(N)=O)C1. The van der Waals surface area contributed by atoms with Gasteiger partial charge in [-0.05, 0) is 18.8 Å². The lowest BCUT2D eigenvalue weighted by Gasteiger charge is -2.37. The molecule has 4 N–H and O–H groups in total. The number of nitrogens with two attached hydrogens (primary N) is 1. The average molecular weight is 257 g/mol. The second-order valence-corrected chi connectivity index (χ2v) is 5.22. The van der Waals surface area contributed by atoms with Crippen molar-refractivity contribution in [1.82, 2.24) is 10.2 Å². The van der Waals surface area contributed by atoms with Gasteiger partial charge in [-0.3, -0.25) is 4.79 Å². The number of amides is 3. The van der Waals surface area contributed by atoms with Crippen molar-refractivity contribution >= 4 is 11.9 Å². The van der Waals surface area contributed by atoms with Crippen LogP contribution in [-0.2, 0) is 4.79 Å². The van der Waals surface area contributed by atoms with Gasteiger partial charge in [-0.2, -0.15) is 0 Å². The first-order valence-corrected chi connectivity index (χ1v) is 6.39. The molecule has 0 aromatic carbocycles. The molecule has 0 bridgehead atoms. The molecule has 1 aliphatic rings. The zero-order chi connectivity index (χ0) is 13.7. The molecule has 6 nitrogen and oxygen atoms in total. The molecule has 1 saturated heterocycles. The smallest absolute Gasteiger partial charge is 0.314 e. The van der Waals surface area contributed by atoms with Crippen LogP contribution >= 0.6 is 0 Å². The maximum atomic E-state index is 11.7. The minimum absolute atomic E-state index is 0.0194. The summed E-state index contributed by atoms with van der Waals surface area (Å²) >= 11 is 0. The number of rotatable bonds is 4. The number of urea groups is 1. The second kappa shape index (κ2) is 6.58. The first-order chi connectivity index (χ1) is 8.43. The molecule has 0 saturated carbocycles. The summed E-state index contributed by atoms with van der Waals surface area (Å²) in [6.07, 6.45) is 1.40. The highest BCUT2D eigenvalue weighted by molar-refractivity contribution is 5.78. The van der Waals surface area contributed by atoms with Gasteiger partial charge in [0.2, 0.25) is 5.91 Å². The van der Waals surface area contributed by atoms with Gasteiger partial charge in [0, 0.05) is 31.7 Å². The van der Waals surface area contributed by atoms with E-state index >= 15 is 0 Å². The predicted octanol–water partition coefficient (Wildman–Crippen LogP) is -0.0898. The molecule has 1 aliphatic heterocycles.